The van der Waals surface area contributed by atoms with Gasteiger partial charge in [0.25, 0.3) is 0 Å². The van der Waals surface area contributed by atoms with Crippen molar-refractivity contribution < 1.29 is 14.6 Å². The third-order valence-electron chi connectivity index (χ3n) is 3.88. The summed E-state index contributed by atoms with van der Waals surface area (Å²) in [4.78, 5) is 16.9. The van der Waals surface area contributed by atoms with E-state index in [2.05, 4.69) is 17.2 Å². The molecule has 2 aliphatic rings. The number of hydrogen-bond donors (Lipinski definition) is 2. The average molecular weight is 282 g/mol. The molecule has 1 saturated heterocycles. The van der Waals surface area contributed by atoms with Gasteiger partial charge in [0.1, 0.15) is 5.92 Å². The molecule has 0 saturated carbocycles. The van der Waals surface area contributed by atoms with E-state index >= 15 is 0 Å². The monoisotopic (exact) mass is 282 g/mol. The molecule has 5 nitrogen and oxygen atoms in total. The molecule has 2 unspecified atom stereocenters. The number of rotatable bonds is 3. The highest BCUT2D eigenvalue weighted by atomic mass is 32.1. The number of aromatic nitrogens is 1. The van der Waals surface area contributed by atoms with Gasteiger partial charge in [-0.1, -0.05) is 0 Å². The van der Waals surface area contributed by atoms with E-state index < -0.39 is 11.9 Å². The summed E-state index contributed by atoms with van der Waals surface area (Å²) in [5.41, 5.74) is 0.702. The number of fused-ring (bicyclic) bond motifs is 1. The normalized spacial score (nSPS) is 30.1. The van der Waals surface area contributed by atoms with Crippen LogP contribution >= 0.6 is 11.3 Å². The van der Waals surface area contributed by atoms with Gasteiger partial charge in [-0.2, -0.15) is 0 Å². The fourth-order valence-electron chi connectivity index (χ4n) is 2.74. The number of nitrogens with one attached hydrogen (secondary N) is 1. The van der Waals surface area contributed by atoms with Crippen molar-refractivity contribution in [3.8, 4) is 0 Å². The van der Waals surface area contributed by atoms with Crippen molar-refractivity contribution in [1.82, 2.24) is 4.98 Å². The first-order chi connectivity index (χ1) is 9.07. The van der Waals surface area contributed by atoms with Crippen LogP contribution in [-0.4, -0.2) is 34.8 Å². The van der Waals surface area contributed by atoms with Crippen LogP contribution in [0.1, 0.15) is 42.7 Å². The molecular formula is C13H18N2O3S. The van der Waals surface area contributed by atoms with Gasteiger partial charge < -0.3 is 15.2 Å². The summed E-state index contributed by atoms with van der Waals surface area (Å²) >= 11 is 1.60. The van der Waals surface area contributed by atoms with Crippen molar-refractivity contribution in [2.45, 2.75) is 44.1 Å². The summed E-state index contributed by atoms with van der Waals surface area (Å²) in [7, 11) is 0. The van der Waals surface area contributed by atoms with Crippen molar-refractivity contribution in [2.24, 2.45) is 0 Å². The third-order valence-corrected chi connectivity index (χ3v) is 4.93. The first-order valence-corrected chi connectivity index (χ1v) is 7.47. The lowest BCUT2D eigenvalue weighted by Crippen LogP contribution is -2.34. The SMILES string of the molecule is CC1(Nc2nc3c(s2)CCCC3C(=O)O)CCOC1. The average Bonchev–Trinajstić information content (AvgIpc) is 2.94. The zero-order valence-corrected chi connectivity index (χ0v) is 11.8. The zero-order valence-electron chi connectivity index (χ0n) is 10.9. The summed E-state index contributed by atoms with van der Waals surface area (Å²) in [6.07, 6.45) is 3.54. The number of carbonyl (C=O) groups is 1. The third kappa shape index (κ3) is 2.47. The van der Waals surface area contributed by atoms with Crippen molar-refractivity contribution in [1.29, 1.82) is 0 Å². The second-order valence-electron chi connectivity index (χ2n) is 5.60. The van der Waals surface area contributed by atoms with Gasteiger partial charge in [-0.15, -0.1) is 11.3 Å². The Balaban J connectivity index is 1.83. The Hall–Kier alpha value is -1.14. The number of carboxylic acids is 1. The lowest BCUT2D eigenvalue weighted by molar-refractivity contribution is -0.139. The van der Waals surface area contributed by atoms with Crippen LogP contribution in [0.2, 0.25) is 0 Å². The van der Waals surface area contributed by atoms with Crippen molar-refractivity contribution in [3.05, 3.63) is 10.6 Å². The summed E-state index contributed by atoms with van der Waals surface area (Å²) < 4.78 is 5.41. The van der Waals surface area contributed by atoms with Crippen molar-refractivity contribution in [3.63, 3.8) is 0 Å². The Morgan fingerprint density at radius 2 is 2.47 bits per heavy atom. The van der Waals surface area contributed by atoms with E-state index in [0.717, 1.165) is 41.6 Å². The fraction of sp³-hybridized carbons (Fsp3) is 0.692. The Morgan fingerprint density at radius 3 is 3.16 bits per heavy atom. The highest BCUT2D eigenvalue weighted by molar-refractivity contribution is 7.15. The molecule has 6 heteroatoms. The van der Waals surface area contributed by atoms with Crippen LogP contribution in [0.4, 0.5) is 5.13 Å². The van der Waals surface area contributed by atoms with Crippen LogP contribution in [0, 0.1) is 0 Å². The minimum Gasteiger partial charge on any atom is -0.481 e. The largest absolute Gasteiger partial charge is 0.481 e. The molecule has 104 valence electrons. The van der Waals surface area contributed by atoms with Gasteiger partial charge in [-0.05, 0) is 32.6 Å². The van der Waals surface area contributed by atoms with Crippen LogP contribution in [0.5, 0.6) is 0 Å². The quantitative estimate of drug-likeness (QED) is 0.889. The van der Waals surface area contributed by atoms with Gasteiger partial charge in [-0.25, -0.2) is 4.98 Å². The fourth-order valence-corrected chi connectivity index (χ4v) is 3.95. The summed E-state index contributed by atoms with van der Waals surface area (Å²) in [6.45, 7) is 3.57. The molecule has 0 radical (unpaired) electrons. The molecular weight excluding hydrogens is 264 g/mol. The van der Waals surface area contributed by atoms with Gasteiger partial charge in [0.15, 0.2) is 5.13 Å². The summed E-state index contributed by atoms with van der Waals surface area (Å²) in [6, 6.07) is 0. The second kappa shape index (κ2) is 4.76. The molecule has 1 aromatic heterocycles. The molecule has 3 rings (SSSR count). The highest BCUT2D eigenvalue weighted by Gasteiger charge is 2.33. The van der Waals surface area contributed by atoms with E-state index in [1.165, 1.54) is 0 Å². The van der Waals surface area contributed by atoms with Crippen molar-refractivity contribution >= 4 is 22.4 Å². The number of aliphatic carboxylic acids is 1. The Kier molecular flexibility index (Phi) is 3.22. The Bertz CT molecular complexity index is 494. The van der Waals surface area contributed by atoms with Crippen molar-refractivity contribution in [2.75, 3.05) is 18.5 Å². The lowest BCUT2D eigenvalue weighted by Gasteiger charge is -2.22. The van der Waals surface area contributed by atoms with Gasteiger partial charge in [0.05, 0.1) is 17.8 Å². The van der Waals surface area contributed by atoms with E-state index in [1.807, 2.05) is 0 Å². The number of carboxylic acid groups (broad SMARTS) is 1. The zero-order chi connectivity index (χ0) is 13.5. The minimum absolute atomic E-state index is 0.0703. The molecule has 1 aliphatic carbocycles. The predicted octanol–water partition coefficient (Wildman–Crippen LogP) is 2.24. The number of ether oxygens (including phenoxy) is 1. The van der Waals surface area contributed by atoms with E-state index in [-0.39, 0.29) is 5.54 Å². The number of thiazole rings is 1. The molecule has 2 N–H and O–H groups in total. The molecule has 2 atom stereocenters. The molecule has 0 amide bonds. The topological polar surface area (TPSA) is 71.5 Å². The maximum atomic E-state index is 11.3. The second-order valence-corrected chi connectivity index (χ2v) is 6.68. The first kappa shape index (κ1) is 12.9. The van der Waals surface area contributed by atoms with Gasteiger partial charge in [0.2, 0.25) is 0 Å². The van der Waals surface area contributed by atoms with Crippen LogP contribution < -0.4 is 5.32 Å². The minimum atomic E-state index is -0.756. The number of hydrogen-bond acceptors (Lipinski definition) is 5. The maximum absolute atomic E-state index is 11.3. The van der Waals surface area contributed by atoms with Crippen LogP contribution in [0.25, 0.3) is 0 Å². The molecule has 2 heterocycles. The van der Waals surface area contributed by atoms with Gasteiger partial charge in [0, 0.05) is 11.5 Å². The van der Waals surface area contributed by atoms with Crippen LogP contribution in [-0.2, 0) is 16.0 Å². The summed E-state index contributed by atoms with van der Waals surface area (Å²) in [5.74, 6) is -1.18. The summed E-state index contributed by atoms with van der Waals surface area (Å²) in [5, 5.41) is 13.5. The number of nitrogens with zero attached hydrogens (tertiary/aromatic N) is 1. The van der Waals surface area contributed by atoms with Gasteiger partial charge in [-0.3, -0.25) is 4.79 Å². The van der Waals surface area contributed by atoms with E-state index in [9.17, 15) is 9.90 Å². The highest BCUT2D eigenvalue weighted by Crippen LogP contribution is 2.38. The maximum Gasteiger partial charge on any atom is 0.312 e. The van der Waals surface area contributed by atoms with E-state index in [1.54, 1.807) is 11.3 Å². The molecule has 1 aromatic rings. The first-order valence-electron chi connectivity index (χ1n) is 6.66. The van der Waals surface area contributed by atoms with Crippen LogP contribution in [0.15, 0.2) is 0 Å². The molecule has 19 heavy (non-hydrogen) atoms. The molecule has 0 spiro atoms. The molecule has 1 aliphatic heterocycles. The molecule has 1 fully saturated rings. The lowest BCUT2D eigenvalue weighted by atomic mass is 9.91. The standard InChI is InChI=1S/C13H18N2O3S/c1-13(5-6-18-7-13)15-12-14-10-8(11(16)17)3-2-4-9(10)19-12/h8H,2-7H2,1H3,(H,14,15)(H,16,17). The Morgan fingerprint density at radius 1 is 1.63 bits per heavy atom. The van der Waals surface area contributed by atoms with Crippen LogP contribution in [0.3, 0.4) is 0 Å². The predicted molar refractivity (Wildman–Crippen MR) is 72.9 cm³/mol. The number of aryl methyl sites for hydroxylation is 1. The number of anilines is 1. The smallest absolute Gasteiger partial charge is 0.312 e. The Labute approximate surface area is 116 Å². The molecule has 0 aromatic carbocycles. The van der Waals surface area contributed by atoms with E-state index in [0.29, 0.717) is 13.0 Å². The van der Waals surface area contributed by atoms with E-state index in [4.69, 9.17) is 4.74 Å². The molecule has 0 bridgehead atoms. The van der Waals surface area contributed by atoms with Gasteiger partial charge >= 0.3 is 5.97 Å².